The molecule has 10 heteroatoms. The number of aryl methyl sites for hydroxylation is 1. The van der Waals surface area contributed by atoms with Gasteiger partial charge in [-0.3, -0.25) is 13.9 Å². The molecular weight excluding hydrogens is 613 g/mol. The summed E-state index contributed by atoms with van der Waals surface area (Å²) in [5.74, 6) is -1.42. The van der Waals surface area contributed by atoms with Crippen molar-refractivity contribution in [2.75, 3.05) is 10.8 Å². The monoisotopic (exact) mass is 649 g/mol. The van der Waals surface area contributed by atoms with Crippen molar-refractivity contribution in [2.24, 2.45) is 0 Å². The van der Waals surface area contributed by atoms with Gasteiger partial charge in [0, 0.05) is 24.0 Å². The van der Waals surface area contributed by atoms with Crippen molar-refractivity contribution < 1.29 is 22.4 Å². The largest absolute Gasteiger partial charge is 0.352 e. The van der Waals surface area contributed by atoms with Crippen LogP contribution < -0.4 is 9.62 Å². The molecule has 0 aliphatic carbocycles. The number of nitrogens with one attached hydrogen (secondary N) is 1. The molecule has 4 rings (SSSR count). The maximum Gasteiger partial charge on any atom is 0.264 e. The zero-order chi connectivity index (χ0) is 32.6. The zero-order valence-electron chi connectivity index (χ0n) is 25.5. The Morgan fingerprint density at radius 3 is 2.09 bits per heavy atom. The molecule has 2 amide bonds. The van der Waals surface area contributed by atoms with Gasteiger partial charge in [0.05, 0.1) is 10.6 Å². The van der Waals surface area contributed by atoms with E-state index in [0.29, 0.717) is 17.0 Å². The van der Waals surface area contributed by atoms with E-state index in [-0.39, 0.29) is 35.5 Å². The first kappa shape index (κ1) is 33.7. The van der Waals surface area contributed by atoms with Gasteiger partial charge in [-0.15, -0.1) is 0 Å². The summed E-state index contributed by atoms with van der Waals surface area (Å²) in [5.41, 5.74) is 2.52. The second-order valence-electron chi connectivity index (χ2n) is 11.0. The van der Waals surface area contributed by atoms with E-state index >= 15 is 0 Å². The Hall–Kier alpha value is -4.21. The standard InChI is InChI=1S/C35H37ClFN3O4S/c1-4-26(3)38-35(42)33(22-27-8-6-5-7-9-27)39(23-28-12-16-30(37)17-13-28)34(41)24-40(31-18-14-29(36)15-19-31)45(43,44)32-20-10-25(2)11-21-32/h5-21,26,33H,4,22-24H2,1-3H3,(H,38,42)/t26-,33+/m1/s1. The molecule has 0 heterocycles. The number of amides is 2. The van der Waals surface area contributed by atoms with Gasteiger partial charge in [0.2, 0.25) is 11.8 Å². The Morgan fingerprint density at radius 1 is 0.867 bits per heavy atom. The van der Waals surface area contributed by atoms with Crippen LogP contribution in [0.5, 0.6) is 0 Å². The average molecular weight is 650 g/mol. The van der Waals surface area contributed by atoms with Gasteiger partial charge in [0.15, 0.2) is 0 Å². The van der Waals surface area contributed by atoms with Crippen LogP contribution in [0.4, 0.5) is 10.1 Å². The fourth-order valence-corrected chi connectivity index (χ4v) is 6.30. The molecular formula is C35H37ClFN3O4S. The van der Waals surface area contributed by atoms with Crippen LogP contribution in [0.1, 0.15) is 37.0 Å². The molecule has 0 bridgehead atoms. The molecule has 4 aromatic carbocycles. The highest BCUT2D eigenvalue weighted by Crippen LogP contribution is 2.27. The highest BCUT2D eigenvalue weighted by Gasteiger charge is 2.35. The van der Waals surface area contributed by atoms with Crippen molar-refractivity contribution in [2.45, 2.75) is 57.1 Å². The number of carbonyl (C=O) groups excluding carboxylic acids is 2. The van der Waals surface area contributed by atoms with Crippen molar-refractivity contribution in [1.29, 1.82) is 0 Å². The van der Waals surface area contributed by atoms with Crippen molar-refractivity contribution in [1.82, 2.24) is 10.2 Å². The van der Waals surface area contributed by atoms with E-state index in [9.17, 15) is 22.4 Å². The van der Waals surface area contributed by atoms with Gasteiger partial charge >= 0.3 is 0 Å². The maximum atomic E-state index is 14.4. The summed E-state index contributed by atoms with van der Waals surface area (Å²) < 4.78 is 43.0. The third kappa shape index (κ3) is 8.93. The van der Waals surface area contributed by atoms with E-state index in [1.165, 1.54) is 41.3 Å². The Bertz CT molecular complexity index is 1680. The summed E-state index contributed by atoms with van der Waals surface area (Å²) >= 11 is 6.12. The number of sulfonamides is 1. The lowest BCUT2D eigenvalue weighted by Gasteiger charge is -2.34. The molecule has 2 atom stereocenters. The minimum atomic E-state index is -4.23. The van der Waals surface area contributed by atoms with E-state index in [1.807, 2.05) is 51.1 Å². The van der Waals surface area contributed by atoms with Gasteiger partial charge in [-0.2, -0.15) is 0 Å². The molecule has 0 aliphatic heterocycles. The van der Waals surface area contributed by atoms with Gasteiger partial charge in [0.25, 0.3) is 10.0 Å². The average Bonchev–Trinajstić information content (AvgIpc) is 3.03. The molecule has 0 saturated heterocycles. The van der Waals surface area contributed by atoms with Crippen LogP contribution >= 0.6 is 11.6 Å². The highest BCUT2D eigenvalue weighted by molar-refractivity contribution is 7.92. The Kier molecular flexibility index (Phi) is 11.4. The maximum absolute atomic E-state index is 14.4. The lowest BCUT2D eigenvalue weighted by molar-refractivity contribution is -0.140. The molecule has 0 saturated carbocycles. The predicted octanol–water partition coefficient (Wildman–Crippen LogP) is 6.54. The predicted molar refractivity (Wildman–Crippen MR) is 176 cm³/mol. The van der Waals surface area contributed by atoms with Gasteiger partial charge in [0.1, 0.15) is 18.4 Å². The molecule has 0 spiro atoms. The zero-order valence-corrected chi connectivity index (χ0v) is 27.1. The first-order chi connectivity index (χ1) is 21.5. The molecule has 0 aromatic heterocycles. The van der Waals surface area contributed by atoms with Crippen LogP contribution in [-0.4, -0.2) is 43.8 Å². The van der Waals surface area contributed by atoms with Crippen LogP contribution in [0.15, 0.2) is 108 Å². The van der Waals surface area contributed by atoms with E-state index < -0.39 is 34.3 Å². The third-order valence-electron chi connectivity index (χ3n) is 7.54. The number of anilines is 1. The molecule has 45 heavy (non-hydrogen) atoms. The van der Waals surface area contributed by atoms with Gasteiger partial charge in [-0.05, 0) is 79.9 Å². The fraction of sp³-hybridized carbons (Fsp3) is 0.257. The number of halogens is 2. The van der Waals surface area contributed by atoms with E-state index in [4.69, 9.17) is 11.6 Å². The van der Waals surface area contributed by atoms with Gasteiger partial charge in [-0.25, -0.2) is 12.8 Å². The summed E-state index contributed by atoms with van der Waals surface area (Å²) in [4.78, 5) is 29.7. The summed E-state index contributed by atoms with van der Waals surface area (Å²) in [6.45, 7) is 5.02. The molecule has 7 nitrogen and oxygen atoms in total. The highest BCUT2D eigenvalue weighted by atomic mass is 35.5. The normalized spacial score (nSPS) is 12.6. The van der Waals surface area contributed by atoms with Crippen molar-refractivity contribution in [3.63, 3.8) is 0 Å². The fourth-order valence-electron chi connectivity index (χ4n) is 4.76. The van der Waals surface area contributed by atoms with Crippen molar-refractivity contribution >= 4 is 39.1 Å². The van der Waals surface area contributed by atoms with Crippen LogP contribution in [0.3, 0.4) is 0 Å². The molecule has 0 fully saturated rings. The number of hydrogen-bond acceptors (Lipinski definition) is 4. The number of carbonyl (C=O) groups is 2. The number of nitrogens with zero attached hydrogens (tertiary/aromatic N) is 2. The van der Waals surface area contributed by atoms with Crippen LogP contribution in [0, 0.1) is 12.7 Å². The Morgan fingerprint density at radius 2 is 1.49 bits per heavy atom. The summed E-state index contributed by atoms with van der Waals surface area (Å²) in [7, 11) is -4.23. The van der Waals surface area contributed by atoms with Gasteiger partial charge in [-0.1, -0.05) is 78.7 Å². The Balaban J connectivity index is 1.80. The van der Waals surface area contributed by atoms with Gasteiger partial charge < -0.3 is 10.2 Å². The molecule has 236 valence electrons. The smallest absolute Gasteiger partial charge is 0.264 e. The lowest BCUT2D eigenvalue weighted by Crippen LogP contribution is -2.54. The number of hydrogen-bond donors (Lipinski definition) is 1. The van der Waals surface area contributed by atoms with E-state index in [2.05, 4.69) is 5.32 Å². The first-order valence-electron chi connectivity index (χ1n) is 14.7. The molecule has 1 N–H and O–H groups in total. The lowest BCUT2D eigenvalue weighted by atomic mass is 10.0. The van der Waals surface area contributed by atoms with Crippen LogP contribution in [0.2, 0.25) is 5.02 Å². The van der Waals surface area contributed by atoms with E-state index in [0.717, 1.165) is 15.4 Å². The van der Waals surface area contributed by atoms with Crippen LogP contribution in [-0.2, 0) is 32.6 Å². The van der Waals surface area contributed by atoms with E-state index in [1.54, 1.807) is 36.4 Å². The third-order valence-corrected chi connectivity index (χ3v) is 9.58. The van der Waals surface area contributed by atoms with Crippen molar-refractivity contribution in [3.05, 3.63) is 131 Å². The molecule has 4 aromatic rings. The minimum Gasteiger partial charge on any atom is -0.352 e. The second kappa shape index (κ2) is 15.2. The summed E-state index contributed by atoms with van der Waals surface area (Å²) in [6, 6.07) is 26.3. The summed E-state index contributed by atoms with van der Waals surface area (Å²) in [5, 5.41) is 3.40. The summed E-state index contributed by atoms with van der Waals surface area (Å²) in [6.07, 6.45) is 0.858. The van der Waals surface area contributed by atoms with Crippen LogP contribution in [0.25, 0.3) is 0 Å². The topological polar surface area (TPSA) is 86.8 Å². The minimum absolute atomic E-state index is 0.0104. The van der Waals surface area contributed by atoms with Crippen molar-refractivity contribution in [3.8, 4) is 0 Å². The Labute approximate surface area is 269 Å². The SMILES string of the molecule is CC[C@@H](C)NC(=O)[C@H](Cc1ccccc1)N(Cc1ccc(F)cc1)C(=O)CN(c1ccc(Cl)cc1)S(=O)(=O)c1ccc(C)cc1. The molecule has 0 unspecified atom stereocenters. The number of rotatable bonds is 13. The quantitative estimate of drug-likeness (QED) is 0.178. The second-order valence-corrected chi connectivity index (χ2v) is 13.3. The number of benzene rings is 4. The first-order valence-corrected chi connectivity index (χ1v) is 16.5. The molecule has 0 aliphatic rings. The molecule has 0 radical (unpaired) electrons.